The Hall–Kier alpha value is -2.22. The van der Waals surface area contributed by atoms with Crippen LogP contribution < -0.4 is 10.6 Å². The third kappa shape index (κ3) is 4.54. The smallest absolute Gasteiger partial charge is 0.243 e. The van der Waals surface area contributed by atoms with Crippen molar-refractivity contribution in [3.05, 3.63) is 64.7 Å². The Morgan fingerprint density at radius 1 is 1.03 bits per heavy atom. The first-order chi connectivity index (χ1) is 14.8. The maximum atomic E-state index is 13.2. The van der Waals surface area contributed by atoms with Crippen molar-refractivity contribution in [1.29, 1.82) is 0 Å². The number of rotatable bonds is 4. The summed E-state index contributed by atoms with van der Waals surface area (Å²) in [6.07, 6.45) is 1.41. The molecule has 1 fully saturated rings. The van der Waals surface area contributed by atoms with Gasteiger partial charge in [-0.3, -0.25) is 4.99 Å². The van der Waals surface area contributed by atoms with Gasteiger partial charge in [-0.1, -0.05) is 35.9 Å². The van der Waals surface area contributed by atoms with E-state index in [2.05, 4.69) is 41.8 Å². The lowest BCUT2D eigenvalue weighted by Crippen LogP contribution is -2.64. The molecule has 2 N–H and O–H groups in total. The Morgan fingerprint density at radius 3 is 2.42 bits per heavy atom. The molecule has 7 heteroatoms. The molecule has 0 bridgehead atoms. The molecule has 0 aromatic heterocycles. The number of aliphatic imine (C=N–C) groups is 1. The van der Waals surface area contributed by atoms with Crippen LogP contribution in [-0.4, -0.2) is 50.3 Å². The average Bonchev–Trinajstić information content (AvgIpc) is 2.76. The number of hydrogen-bond donors (Lipinski definition) is 2. The van der Waals surface area contributed by atoms with Crippen molar-refractivity contribution < 1.29 is 8.42 Å². The highest BCUT2D eigenvalue weighted by Crippen LogP contribution is 2.29. The third-order valence-electron chi connectivity index (χ3n) is 6.57. The number of amidine groups is 1. The highest BCUT2D eigenvalue weighted by Gasteiger charge is 2.43. The molecular weight excluding hydrogens is 408 g/mol. The van der Waals surface area contributed by atoms with Crippen LogP contribution in [0.15, 0.2) is 52.4 Å². The molecule has 0 amide bonds. The fourth-order valence-corrected chi connectivity index (χ4v) is 5.89. The van der Waals surface area contributed by atoms with Crippen molar-refractivity contribution in [2.45, 2.75) is 50.6 Å². The molecule has 31 heavy (non-hydrogen) atoms. The van der Waals surface area contributed by atoms with Gasteiger partial charge >= 0.3 is 0 Å². The summed E-state index contributed by atoms with van der Waals surface area (Å²) >= 11 is 0. The molecule has 1 saturated heterocycles. The molecule has 6 nitrogen and oxygen atoms in total. The lowest BCUT2D eigenvalue weighted by molar-refractivity contribution is 0.241. The molecule has 0 unspecified atom stereocenters. The number of aryl methyl sites for hydroxylation is 3. The van der Waals surface area contributed by atoms with Crippen molar-refractivity contribution >= 4 is 15.9 Å². The van der Waals surface area contributed by atoms with E-state index in [-0.39, 0.29) is 5.54 Å². The van der Waals surface area contributed by atoms with Crippen molar-refractivity contribution in [2.75, 3.05) is 26.2 Å². The van der Waals surface area contributed by atoms with E-state index >= 15 is 0 Å². The first-order valence-corrected chi connectivity index (χ1v) is 12.4. The lowest BCUT2D eigenvalue weighted by atomic mass is 9.85. The van der Waals surface area contributed by atoms with Gasteiger partial charge in [0.1, 0.15) is 5.84 Å². The van der Waals surface area contributed by atoms with Gasteiger partial charge in [0.05, 0.1) is 17.0 Å². The van der Waals surface area contributed by atoms with Crippen LogP contribution in [0.4, 0.5) is 0 Å². The minimum Gasteiger partial charge on any atom is -0.368 e. The van der Waals surface area contributed by atoms with Crippen molar-refractivity contribution in [2.24, 2.45) is 4.99 Å². The molecule has 0 atom stereocenters. The summed E-state index contributed by atoms with van der Waals surface area (Å²) in [5.41, 5.74) is 4.28. The van der Waals surface area contributed by atoms with Gasteiger partial charge < -0.3 is 10.6 Å². The minimum absolute atomic E-state index is 0.280. The van der Waals surface area contributed by atoms with Gasteiger partial charge in [-0.25, -0.2) is 8.42 Å². The quantitative estimate of drug-likeness (QED) is 0.767. The molecule has 2 aromatic rings. The maximum absolute atomic E-state index is 13.2. The SMILES string of the molecule is Cc1ccc(CNC2=NCCNC23CCN(S(=O)(=O)c2ccc(C)c(C)c2)CC3)cc1. The van der Waals surface area contributed by atoms with Gasteiger partial charge in [-0.05, 0) is 62.4 Å². The molecule has 0 aliphatic carbocycles. The van der Waals surface area contributed by atoms with E-state index in [1.807, 2.05) is 19.9 Å². The summed E-state index contributed by atoms with van der Waals surface area (Å²) in [5.74, 6) is 0.961. The highest BCUT2D eigenvalue weighted by molar-refractivity contribution is 7.89. The van der Waals surface area contributed by atoms with E-state index in [9.17, 15) is 8.42 Å². The monoisotopic (exact) mass is 440 g/mol. The standard InChI is InChI=1S/C24H32N4O2S/c1-18-4-7-21(8-5-18)17-26-23-24(27-13-12-25-23)10-14-28(15-11-24)31(29,30)22-9-6-19(2)20(3)16-22/h4-9,16,27H,10-15,17H2,1-3H3,(H,25,26). The fraction of sp³-hybridized carbons (Fsp3) is 0.458. The van der Waals surface area contributed by atoms with Crippen LogP contribution in [0, 0.1) is 20.8 Å². The van der Waals surface area contributed by atoms with Crippen LogP contribution in [0.3, 0.4) is 0 Å². The first kappa shape index (κ1) is 22.0. The van der Waals surface area contributed by atoms with Crippen LogP contribution in [0.2, 0.25) is 0 Å². The molecule has 1 spiro atoms. The molecule has 0 saturated carbocycles. The number of hydrogen-bond acceptors (Lipinski definition) is 5. The zero-order valence-corrected chi connectivity index (χ0v) is 19.4. The third-order valence-corrected chi connectivity index (χ3v) is 8.47. The summed E-state index contributed by atoms with van der Waals surface area (Å²) in [7, 11) is -3.49. The van der Waals surface area contributed by atoms with E-state index in [1.54, 1.807) is 16.4 Å². The Labute approximate surface area is 185 Å². The van der Waals surface area contributed by atoms with Crippen LogP contribution in [0.5, 0.6) is 0 Å². The van der Waals surface area contributed by atoms with Gasteiger partial charge in [-0.2, -0.15) is 4.31 Å². The van der Waals surface area contributed by atoms with E-state index < -0.39 is 10.0 Å². The number of nitrogens with one attached hydrogen (secondary N) is 2. The first-order valence-electron chi connectivity index (χ1n) is 11.0. The van der Waals surface area contributed by atoms with Crippen LogP contribution >= 0.6 is 0 Å². The van der Waals surface area contributed by atoms with E-state index in [0.717, 1.165) is 30.1 Å². The van der Waals surface area contributed by atoms with Crippen molar-refractivity contribution in [1.82, 2.24) is 14.9 Å². The van der Waals surface area contributed by atoms with Crippen LogP contribution in [-0.2, 0) is 16.6 Å². The van der Waals surface area contributed by atoms with Gasteiger partial charge in [-0.15, -0.1) is 0 Å². The predicted molar refractivity (Wildman–Crippen MR) is 125 cm³/mol. The summed E-state index contributed by atoms with van der Waals surface area (Å²) in [4.78, 5) is 5.16. The Kier molecular flexibility index (Phi) is 6.19. The topological polar surface area (TPSA) is 73.8 Å². The van der Waals surface area contributed by atoms with Gasteiger partial charge in [0.2, 0.25) is 10.0 Å². The average molecular weight is 441 g/mol. The normalized spacial score (nSPS) is 19.3. The molecule has 4 rings (SSSR count). The molecule has 2 aliphatic heterocycles. The molecule has 2 aliphatic rings. The summed E-state index contributed by atoms with van der Waals surface area (Å²) in [5, 5.41) is 7.18. The van der Waals surface area contributed by atoms with E-state index in [1.165, 1.54) is 11.1 Å². The lowest BCUT2D eigenvalue weighted by Gasteiger charge is -2.44. The Bertz CT molecular complexity index is 1070. The largest absolute Gasteiger partial charge is 0.368 e. The summed E-state index contributed by atoms with van der Waals surface area (Å²) in [6, 6.07) is 13.9. The van der Waals surface area contributed by atoms with Gasteiger partial charge in [0.25, 0.3) is 0 Å². The second-order valence-electron chi connectivity index (χ2n) is 8.73. The molecule has 166 valence electrons. The van der Waals surface area contributed by atoms with Crippen LogP contribution in [0.25, 0.3) is 0 Å². The Balaban J connectivity index is 1.46. The molecule has 2 aromatic carbocycles. The maximum Gasteiger partial charge on any atom is 0.243 e. The highest BCUT2D eigenvalue weighted by atomic mass is 32.2. The second-order valence-corrected chi connectivity index (χ2v) is 10.7. The van der Waals surface area contributed by atoms with Crippen molar-refractivity contribution in [3.8, 4) is 0 Å². The summed E-state index contributed by atoms with van der Waals surface area (Å²) < 4.78 is 28.0. The zero-order valence-electron chi connectivity index (χ0n) is 18.6. The van der Waals surface area contributed by atoms with E-state index in [4.69, 9.17) is 4.99 Å². The molecule has 2 heterocycles. The number of sulfonamides is 1. The van der Waals surface area contributed by atoms with E-state index in [0.29, 0.717) is 37.4 Å². The minimum atomic E-state index is -3.49. The number of piperidine rings is 1. The summed E-state index contributed by atoms with van der Waals surface area (Å²) in [6.45, 7) is 9.26. The Morgan fingerprint density at radius 2 is 1.74 bits per heavy atom. The van der Waals surface area contributed by atoms with Gasteiger partial charge in [0.15, 0.2) is 0 Å². The van der Waals surface area contributed by atoms with Crippen LogP contribution in [0.1, 0.15) is 35.1 Å². The second kappa shape index (κ2) is 8.73. The number of benzene rings is 2. The molecule has 0 radical (unpaired) electrons. The predicted octanol–water partition coefficient (Wildman–Crippen LogP) is 2.93. The fourth-order valence-electron chi connectivity index (χ4n) is 4.36. The number of nitrogens with zero attached hydrogens (tertiary/aromatic N) is 2. The zero-order chi connectivity index (χ0) is 22.1. The van der Waals surface area contributed by atoms with Crippen molar-refractivity contribution in [3.63, 3.8) is 0 Å². The molecular formula is C24H32N4O2S. The van der Waals surface area contributed by atoms with Gasteiger partial charge in [0, 0.05) is 26.2 Å².